The average Bonchev–Trinajstić information content (AvgIpc) is 2.61. The Morgan fingerprint density at radius 3 is 2.75 bits per heavy atom. The summed E-state index contributed by atoms with van der Waals surface area (Å²) in [7, 11) is 3.76. The molecule has 0 aliphatic heterocycles. The van der Waals surface area contributed by atoms with E-state index in [4.69, 9.17) is 21.3 Å². The molecule has 0 amide bonds. The van der Waals surface area contributed by atoms with Crippen LogP contribution in [0.5, 0.6) is 0 Å². The van der Waals surface area contributed by atoms with Gasteiger partial charge in [-0.25, -0.2) is 4.98 Å². The van der Waals surface area contributed by atoms with E-state index in [2.05, 4.69) is 23.0 Å². The topological polar surface area (TPSA) is 38.2 Å². The van der Waals surface area contributed by atoms with Gasteiger partial charge in [-0.1, -0.05) is 35.9 Å². The highest BCUT2D eigenvalue weighted by Gasteiger charge is 2.19. The minimum absolute atomic E-state index is 0.0694. The molecule has 5 heteroatoms. The van der Waals surface area contributed by atoms with E-state index in [1.54, 1.807) is 13.3 Å². The Kier molecular flexibility index (Phi) is 5.41. The number of halogens is 1. The quantitative estimate of drug-likeness (QED) is 0.676. The zero-order valence-electron chi connectivity index (χ0n) is 13.8. The van der Waals surface area contributed by atoms with Crippen LogP contribution in [-0.4, -0.2) is 35.6 Å². The van der Waals surface area contributed by atoms with Crippen LogP contribution in [-0.2, 0) is 11.3 Å². The van der Waals surface area contributed by atoms with Gasteiger partial charge in [0.05, 0.1) is 34.6 Å². The number of hydrogen-bond acceptors (Lipinski definition) is 4. The number of likely N-dealkylation sites (N-methyl/N-ethyl adjacent to an activating group) is 1. The third kappa shape index (κ3) is 3.73. The van der Waals surface area contributed by atoms with E-state index in [-0.39, 0.29) is 6.04 Å². The van der Waals surface area contributed by atoms with Gasteiger partial charge in [-0.2, -0.15) is 0 Å². The van der Waals surface area contributed by atoms with Crippen molar-refractivity contribution in [2.75, 3.05) is 20.8 Å². The first-order chi connectivity index (χ1) is 11.7. The van der Waals surface area contributed by atoms with Crippen molar-refractivity contribution in [3.8, 4) is 0 Å². The van der Waals surface area contributed by atoms with Crippen LogP contribution >= 0.6 is 11.6 Å². The highest BCUT2D eigenvalue weighted by atomic mass is 35.5. The summed E-state index contributed by atoms with van der Waals surface area (Å²) < 4.78 is 5.38. The lowest BCUT2D eigenvalue weighted by atomic mass is 10.1. The van der Waals surface area contributed by atoms with Crippen molar-refractivity contribution in [2.24, 2.45) is 0 Å². The zero-order chi connectivity index (χ0) is 16.9. The summed E-state index contributed by atoms with van der Waals surface area (Å²) in [4.78, 5) is 11.4. The fraction of sp³-hybridized carbons (Fsp3) is 0.263. The number of aromatic nitrogens is 2. The third-order valence-electron chi connectivity index (χ3n) is 4.03. The molecule has 0 spiro atoms. The van der Waals surface area contributed by atoms with E-state index < -0.39 is 0 Å². The van der Waals surface area contributed by atoms with Gasteiger partial charge in [0.15, 0.2) is 0 Å². The molecule has 0 unspecified atom stereocenters. The van der Waals surface area contributed by atoms with E-state index in [9.17, 15) is 0 Å². The molecule has 0 aliphatic carbocycles. The van der Waals surface area contributed by atoms with Crippen molar-refractivity contribution in [1.29, 1.82) is 0 Å². The number of hydrogen-bond donors (Lipinski definition) is 0. The molecule has 1 aromatic carbocycles. The lowest BCUT2D eigenvalue weighted by Crippen LogP contribution is -2.28. The van der Waals surface area contributed by atoms with Crippen LogP contribution in [0.2, 0.25) is 5.02 Å². The number of ether oxygens (including phenoxy) is 1. The molecule has 0 bridgehead atoms. The molecule has 0 fully saturated rings. The molecule has 124 valence electrons. The van der Waals surface area contributed by atoms with Crippen LogP contribution in [0.25, 0.3) is 10.9 Å². The second kappa shape index (κ2) is 7.71. The molecular weight excluding hydrogens is 322 g/mol. The summed E-state index contributed by atoms with van der Waals surface area (Å²) in [5.41, 5.74) is 2.79. The molecular formula is C19H20ClN3O. The van der Waals surface area contributed by atoms with Gasteiger partial charge in [0.25, 0.3) is 0 Å². The van der Waals surface area contributed by atoms with Gasteiger partial charge in [0.1, 0.15) is 0 Å². The van der Waals surface area contributed by atoms with E-state index in [1.165, 1.54) is 0 Å². The number of methoxy groups -OCH3 is 1. The fourth-order valence-corrected chi connectivity index (χ4v) is 3.00. The SMILES string of the molecule is COC[C@@H](c1ccccn1)N(C)Cc1ccc2cccc(Cl)c2n1. The first-order valence-corrected chi connectivity index (χ1v) is 8.21. The minimum atomic E-state index is 0.0694. The van der Waals surface area contributed by atoms with Crippen LogP contribution in [0.4, 0.5) is 0 Å². The molecule has 2 aromatic heterocycles. The van der Waals surface area contributed by atoms with Crippen LogP contribution < -0.4 is 0 Å². The van der Waals surface area contributed by atoms with Gasteiger partial charge in [-0.05, 0) is 31.3 Å². The first-order valence-electron chi connectivity index (χ1n) is 7.83. The summed E-state index contributed by atoms with van der Waals surface area (Å²) in [6, 6.07) is 15.9. The van der Waals surface area contributed by atoms with Crippen LogP contribution in [0.3, 0.4) is 0 Å². The van der Waals surface area contributed by atoms with Crippen molar-refractivity contribution in [1.82, 2.24) is 14.9 Å². The summed E-state index contributed by atoms with van der Waals surface area (Å²) in [5.74, 6) is 0. The maximum Gasteiger partial charge on any atom is 0.0891 e. The van der Waals surface area contributed by atoms with Crippen LogP contribution in [0.1, 0.15) is 17.4 Å². The maximum atomic E-state index is 6.27. The molecule has 4 nitrogen and oxygen atoms in total. The second-order valence-electron chi connectivity index (χ2n) is 5.76. The Labute approximate surface area is 147 Å². The minimum Gasteiger partial charge on any atom is -0.383 e. The number of nitrogens with zero attached hydrogens (tertiary/aromatic N) is 3. The highest BCUT2D eigenvalue weighted by Crippen LogP contribution is 2.23. The molecule has 3 rings (SSSR count). The Morgan fingerprint density at radius 1 is 1.12 bits per heavy atom. The number of rotatable bonds is 6. The van der Waals surface area contributed by atoms with Gasteiger partial charge in [-0.3, -0.25) is 9.88 Å². The molecule has 0 saturated heterocycles. The summed E-state index contributed by atoms with van der Waals surface area (Å²) >= 11 is 6.27. The monoisotopic (exact) mass is 341 g/mol. The largest absolute Gasteiger partial charge is 0.383 e. The van der Waals surface area contributed by atoms with Gasteiger partial charge in [-0.15, -0.1) is 0 Å². The first kappa shape index (κ1) is 16.8. The molecule has 0 N–H and O–H groups in total. The van der Waals surface area contributed by atoms with Crippen LogP contribution in [0.15, 0.2) is 54.7 Å². The Balaban J connectivity index is 1.84. The van der Waals surface area contributed by atoms with E-state index >= 15 is 0 Å². The molecule has 0 radical (unpaired) electrons. The predicted octanol–water partition coefficient (Wildman–Crippen LogP) is 4.10. The second-order valence-corrected chi connectivity index (χ2v) is 6.16. The Morgan fingerprint density at radius 2 is 2.00 bits per heavy atom. The van der Waals surface area contributed by atoms with Crippen molar-refractivity contribution < 1.29 is 4.74 Å². The molecule has 0 saturated carbocycles. The maximum absolute atomic E-state index is 6.27. The van der Waals surface area contributed by atoms with E-state index in [1.807, 2.05) is 42.5 Å². The lowest BCUT2D eigenvalue weighted by molar-refractivity contribution is 0.0993. The van der Waals surface area contributed by atoms with Crippen molar-refractivity contribution in [3.63, 3.8) is 0 Å². The number of fused-ring (bicyclic) bond motifs is 1. The predicted molar refractivity (Wildman–Crippen MR) is 97.1 cm³/mol. The van der Waals surface area contributed by atoms with Gasteiger partial charge >= 0.3 is 0 Å². The molecule has 1 atom stereocenters. The lowest BCUT2D eigenvalue weighted by Gasteiger charge is -2.26. The van der Waals surface area contributed by atoms with Gasteiger partial charge in [0, 0.05) is 25.2 Å². The summed E-state index contributed by atoms with van der Waals surface area (Å²) in [6.45, 7) is 1.26. The van der Waals surface area contributed by atoms with Crippen molar-refractivity contribution in [2.45, 2.75) is 12.6 Å². The summed E-state index contributed by atoms with van der Waals surface area (Å²) in [5, 5.41) is 1.72. The number of para-hydroxylation sites is 1. The fourth-order valence-electron chi connectivity index (χ4n) is 2.77. The summed E-state index contributed by atoms with van der Waals surface area (Å²) in [6.07, 6.45) is 1.81. The normalized spacial score (nSPS) is 12.7. The number of pyridine rings is 2. The average molecular weight is 342 g/mol. The Bertz CT molecular complexity index is 810. The zero-order valence-corrected chi connectivity index (χ0v) is 14.6. The van der Waals surface area contributed by atoms with Crippen molar-refractivity contribution >= 4 is 22.5 Å². The van der Waals surface area contributed by atoms with E-state index in [0.29, 0.717) is 18.2 Å². The molecule has 0 aliphatic rings. The molecule has 24 heavy (non-hydrogen) atoms. The Hall–Kier alpha value is -2.01. The van der Waals surface area contributed by atoms with Crippen LogP contribution in [0, 0.1) is 0 Å². The number of benzene rings is 1. The smallest absolute Gasteiger partial charge is 0.0891 e. The molecule has 2 heterocycles. The molecule has 3 aromatic rings. The van der Waals surface area contributed by atoms with Gasteiger partial charge in [0.2, 0.25) is 0 Å². The van der Waals surface area contributed by atoms with E-state index in [0.717, 1.165) is 22.3 Å². The highest BCUT2D eigenvalue weighted by molar-refractivity contribution is 6.35. The third-order valence-corrected chi connectivity index (χ3v) is 4.33. The van der Waals surface area contributed by atoms with Gasteiger partial charge < -0.3 is 4.74 Å². The van der Waals surface area contributed by atoms with Crippen molar-refractivity contribution in [3.05, 3.63) is 71.1 Å². The standard InChI is InChI=1S/C19H20ClN3O/c1-23(18(13-24-2)17-8-3-4-11-21-17)12-15-10-9-14-6-5-7-16(20)19(14)22-15/h3-11,18H,12-13H2,1-2H3/t18-/m0/s1.